The smallest absolute Gasteiger partial charge is 0.306 e. The van der Waals surface area contributed by atoms with Crippen molar-refractivity contribution in [2.75, 3.05) is 13.2 Å². The zero-order chi connectivity index (χ0) is 12.1. The van der Waals surface area contributed by atoms with Gasteiger partial charge in [0.15, 0.2) is 6.29 Å². The zero-order valence-electron chi connectivity index (χ0n) is 10.3. The van der Waals surface area contributed by atoms with Gasteiger partial charge in [-0.25, -0.2) is 0 Å². The van der Waals surface area contributed by atoms with Crippen molar-refractivity contribution in [3.05, 3.63) is 0 Å². The van der Waals surface area contributed by atoms with Crippen molar-refractivity contribution in [2.24, 2.45) is 11.8 Å². The van der Waals surface area contributed by atoms with Crippen LogP contribution in [0.25, 0.3) is 0 Å². The predicted molar refractivity (Wildman–Crippen MR) is 62.6 cm³/mol. The average Bonchev–Trinajstić information content (AvgIpc) is 2.38. The molecular weight excluding hydrogens is 220 g/mol. The standard InChI is InChI=1S/C13H22O4/c14-13(15)11-5-3-4-10(8-11)9-17-12-6-1-2-7-16-12/h10-12H,1-9H2,(H,14,15)/t10-,11+,12?/m0/s1. The second kappa shape index (κ2) is 6.36. The van der Waals surface area contributed by atoms with Gasteiger partial charge >= 0.3 is 5.97 Å². The van der Waals surface area contributed by atoms with Crippen molar-refractivity contribution in [1.29, 1.82) is 0 Å². The normalized spacial score (nSPS) is 34.5. The summed E-state index contributed by atoms with van der Waals surface area (Å²) in [6.45, 7) is 1.46. The molecule has 1 heterocycles. The van der Waals surface area contributed by atoms with E-state index in [4.69, 9.17) is 14.6 Å². The highest BCUT2D eigenvalue weighted by molar-refractivity contribution is 5.70. The molecule has 2 rings (SSSR count). The number of ether oxygens (including phenoxy) is 2. The van der Waals surface area contributed by atoms with Crippen LogP contribution in [0.5, 0.6) is 0 Å². The molecule has 2 fully saturated rings. The summed E-state index contributed by atoms with van der Waals surface area (Å²) in [5.74, 6) is -0.413. The Kier molecular flexibility index (Phi) is 4.80. The van der Waals surface area contributed by atoms with Gasteiger partial charge in [-0.2, -0.15) is 0 Å². The van der Waals surface area contributed by atoms with Crippen molar-refractivity contribution >= 4 is 5.97 Å². The summed E-state index contributed by atoms with van der Waals surface area (Å²) in [5.41, 5.74) is 0. The number of carboxylic acid groups (broad SMARTS) is 1. The zero-order valence-corrected chi connectivity index (χ0v) is 10.3. The summed E-state index contributed by atoms with van der Waals surface area (Å²) in [6.07, 6.45) is 6.93. The second-order valence-corrected chi connectivity index (χ2v) is 5.20. The van der Waals surface area contributed by atoms with Crippen LogP contribution in [0.2, 0.25) is 0 Å². The van der Waals surface area contributed by atoms with Crippen LogP contribution < -0.4 is 0 Å². The molecule has 0 aromatic heterocycles. The number of hydrogen-bond donors (Lipinski definition) is 1. The van der Waals surface area contributed by atoms with Gasteiger partial charge < -0.3 is 14.6 Å². The molecule has 1 saturated heterocycles. The quantitative estimate of drug-likeness (QED) is 0.822. The van der Waals surface area contributed by atoms with Gasteiger partial charge in [-0.1, -0.05) is 6.42 Å². The molecule has 3 atom stereocenters. The van der Waals surface area contributed by atoms with Crippen LogP contribution in [0.4, 0.5) is 0 Å². The van der Waals surface area contributed by atoms with Gasteiger partial charge in [0.2, 0.25) is 0 Å². The lowest BCUT2D eigenvalue weighted by Gasteiger charge is -2.29. The highest BCUT2D eigenvalue weighted by atomic mass is 16.7. The van der Waals surface area contributed by atoms with Gasteiger partial charge in [-0.15, -0.1) is 0 Å². The lowest BCUT2D eigenvalue weighted by atomic mass is 9.82. The maximum Gasteiger partial charge on any atom is 0.306 e. The molecule has 0 spiro atoms. The van der Waals surface area contributed by atoms with E-state index in [1.165, 1.54) is 6.42 Å². The largest absolute Gasteiger partial charge is 0.481 e. The first-order valence-corrected chi connectivity index (χ1v) is 6.71. The average molecular weight is 242 g/mol. The third kappa shape index (κ3) is 3.96. The minimum atomic E-state index is -0.649. The number of hydrogen-bond acceptors (Lipinski definition) is 3. The van der Waals surface area contributed by atoms with E-state index in [0.717, 1.165) is 45.1 Å². The fourth-order valence-electron chi connectivity index (χ4n) is 2.75. The summed E-state index contributed by atoms with van der Waals surface area (Å²) in [7, 11) is 0. The Bertz CT molecular complexity index is 248. The fraction of sp³-hybridized carbons (Fsp3) is 0.923. The van der Waals surface area contributed by atoms with Gasteiger partial charge in [0.25, 0.3) is 0 Å². The topological polar surface area (TPSA) is 55.8 Å². The van der Waals surface area contributed by atoms with Crippen LogP contribution in [0.3, 0.4) is 0 Å². The van der Waals surface area contributed by atoms with Crippen LogP contribution in [0, 0.1) is 11.8 Å². The minimum Gasteiger partial charge on any atom is -0.481 e. The molecule has 0 radical (unpaired) electrons. The van der Waals surface area contributed by atoms with E-state index in [9.17, 15) is 4.79 Å². The van der Waals surface area contributed by atoms with Crippen molar-refractivity contribution in [2.45, 2.75) is 51.2 Å². The Morgan fingerprint density at radius 1 is 1.24 bits per heavy atom. The first-order valence-electron chi connectivity index (χ1n) is 6.71. The maximum absolute atomic E-state index is 10.9. The molecule has 98 valence electrons. The van der Waals surface area contributed by atoms with E-state index in [2.05, 4.69) is 0 Å². The summed E-state index contributed by atoms with van der Waals surface area (Å²) in [4.78, 5) is 10.9. The van der Waals surface area contributed by atoms with E-state index < -0.39 is 5.97 Å². The Balaban J connectivity index is 1.69. The van der Waals surface area contributed by atoms with Crippen LogP contribution in [0.1, 0.15) is 44.9 Å². The summed E-state index contributed by atoms with van der Waals surface area (Å²) in [5, 5.41) is 9.01. The van der Waals surface area contributed by atoms with Gasteiger partial charge in [-0.3, -0.25) is 4.79 Å². The molecule has 1 aliphatic carbocycles. The first-order chi connectivity index (χ1) is 8.25. The third-order valence-electron chi connectivity index (χ3n) is 3.79. The number of rotatable bonds is 4. The number of aliphatic carboxylic acids is 1. The number of carboxylic acids is 1. The highest BCUT2D eigenvalue weighted by Gasteiger charge is 2.27. The molecule has 0 aromatic carbocycles. The van der Waals surface area contributed by atoms with E-state index in [-0.39, 0.29) is 12.2 Å². The van der Waals surface area contributed by atoms with Crippen molar-refractivity contribution in [3.63, 3.8) is 0 Å². The maximum atomic E-state index is 10.9. The molecule has 1 unspecified atom stereocenters. The lowest BCUT2D eigenvalue weighted by Crippen LogP contribution is -2.29. The minimum absolute atomic E-state index is 0.0473. The van der Waals surface area contributed by atoms with E-state index in [1.54, 1.807) is 0 Å². The molecule has 0 amide bonds. The lowest BCUT2D eigenvalue weighted by molar-refractivity contribution is -0.172. The van der Waals surface area contributed by atoms with Crippen LogP contribution >= 0.6 is 0 Å². The summed E-state index contributed by atoms with van der Waals surface area (Å²) >= 11 is 0. The third-order valence-corrected chi connectivity index (χ3v) is 3.79. The Morgan fingerprint density at radius 2 is 2.12 bits per heavy atom. The van der Waals surface area contributed by atoms with Crippen LogP contribution in [0.15, 0.2) is 0 Å². The highest BCUT2D eigenvalue weighted by Crippen LogP contribution is 2.30. The van der Waals surface area contributed by atoms with Gasteiger partial charge in [0.1, 0.15) is 0 Å². The monoisotopic (exact) mass is 242 g/mol. The molecule has 0 aromatic rings. The van der Waals surface area contributed by atoms with Crippen LogP contribution in [-0.2, 0) is 14.3 Å². The van der Waals surface area contributed by atoms with Crippen molar-refractivity contribution < 1.29 is 19.4 Å². The molecule has 4 nitrogen and oxygen atoms in total. The van der Waals surface area contributed by atoms with E-state index in [1.807, 2.05) is 0 Å². The molecule has 1 aliphatic heterocycles. The second-order valence-electron chi connectivity index (χ2n) is 5.20. The molecule has 17 heavy (non-hydrogen) atoms. The summed E-state index contributed by atoms with van der Waals surface area (Å²) in [6, 6.07) is 0. The van der Waals surface area contributed by atoms with Crippen LogP contribution in [-0.4, -0.2) is 30.6 Å². The van der Waals surface area contributed by atoms with E-state index in [0.29, 0.717) is 12.5 Å². The molecule has 1 saturated carbocycles. The summed E-state index contributed by atoms with van der Waals surface area (Å²) < 4.78 is 11.2. The van der Waals surface area contributed by atoms with E-state index >= 15 is 0 Å². The van der Waals surface area contributed by atoms with Gasteiger partial charge in [0, 0.05) is 6.61 Å². The molecule has 1 N–H and O–H groups in total. The molecular formula is C13H22O4. The number of carbonyl (C=O) groups is 1. The molecule has 4 heteroatoms. The predicted octanol–water partition coefficient (Wildman–Crippen LogP) is 2.42. The van der Waals surface area contributed by atoms with Gasteiger partial charge in [-0.05, 0) is 44.4 Å². The SMILES string of the molecule is O=C(O)[C@@H]1CCC[C@H](COC2CCCCO2)C1. The Labute approximate surface area is 102 Å². The first kappa shape index (κ1) is 12.8. The fourth-order valence-corrected chi connectivity index (χ4v) is 2.75. The van der Waals surface area contributed by atoms with Crippen molar-refractivity contribution in [3.8, 4) is 0 Å². The molecule has 0 bridgehead atoms. The van der Waals surface area contributed by atoms with Crippen molar-refractivity contribution in [1.82, 2.24) is 0 Å². The molecule has 2 aliphatic rings. The Hall–Kier alpha value is -0.610. The Morgan fingerprint density at radius 3 is 2.82 bits per heavy atom. The van der Waals surface area contributed by atoms with Gasteiger partial charge in [0.05, 0.1) is 12.5 Å².